The number of rotatable bonds is 2. The van der Waals surface area contributed by atoms with Gasteiger partial charge in [-0.3, -0.25) is 4.79 Å². The van der Waals surface area contributed by atoms with Crippen molar-refractivity contribution in [3.05, 3.63) is 0 Å². The highest BCUT2D eigenvalue weighted by Gasteiger charge is 2.41. The lowest BCUT2D eigenvalue weighted by Crippen LogP contribution is -2.47. The Labute approximate surface area is 73.3 Å². The van der Waals surface area contributed by atoms with Crippen LogP contribution in [0.2, 0.25) is 0 Å². The molecule has 1 saturated heterocycles. The number of amides is 1. The first-order valence-electron chi connectivity index (χ1n) is 4.47. The van der Waals surface area contributed by atoms with Crippen molar-refractivity contribution in [2.45, 2.75) is 26.7 Å². The van der Waals surface area contributed by atoms with Crippen molar-refractivity contribution in [1.29, 1.82) is 0 Å². The van der Waals surface area contributed by atoms with Crippen LogP contribution in [0.3, 0.4) is 0 Å². The number of ether oxygens (including phenoxy) is 1. The summed E-state index contributed by atoms with van der Waals surface area (Å²) in [7, 11) is 0. The Bertz CT molecular complexity index is 171. The van der Waals surface area contributed by atoms with Gasteiger partial charge in [0.2, 0.25) is 5.91 Å². The molecule has 2 N–H and O–H groups in total. The maximum atomic E-state index is 11.3. The minimum absolute atomic E-state index is 0.211. The summed E-state index contributed by atoms with van der Waals surface area (Å²) in [6.07, 6.45) is 1.82. The highest BCUT2D eigenvalue weighted by atomic mass is 16.5. The van der Waals surface area contributed by atoms with Gasteiger partial charge in [-0.2, -0.15) is 0 Å². The molecular weight excluding hydrogens is 154 g/mol. The Morgan fingerprint density at radius 3 is 2.50 bits per heavy atom. The molecule has 1 fully saturated rings. The Kier molecular flexibility index (Phi) is 2.73. The summed E-state index contributed by atoms with van der Waals surface area (Å²) in [6.45, 7) is 5.32. The molecule has 1 amide bonds. The van der Waals surface area contributed by atoms with Crippen molar-refractivity contribution in [3.8, 4) is 0 Å². The molecule has 12 heavy (non-hydrogen) atoms. The molecule has 0 aromatic carbocycles. The summed E-state index contributed by atoms with van der Waals surface area (Å²) in [6, 6.07) is 0. The lowest BCUT2D eigenvalue weighted by molar-refractivity contribution is -0.140. The van der Waals surface area contributed by atoms with Crippen molar-refractivity contribution in [2.75, 3.05) is 13.2 Å². The van der Waals surface area contributed by atoms with Gasteiger partial charge in [-0.1, -0.05) is 13.8 Å². The fourth-order valence-electron chi connectivity index (χ4n) is 1.75. The smallest absolute Gasteiger partial charge is 0.226 e. The molecule has 1 atom stereocenters. The van der Waals surface area contributed by atoms with Crippen LogP contribution in [-0.2, 0) is 9.53 Å². The van der Waals surface area contributed by atoms with Gasteiger partial charge in [0.05, 0.1) is 12.0 Å². The molecule has 1 aliphatic rings. The van der Waals surface area contributed by atoms with E-state index >= 15 is 0 Å². The third-order valence-corrected chi connectivity index (χ3v) is 2.87. The highest BCUT2D eigenvalue weighted by molar-refractivity contribution is 5.81. The third-order valence-electron chi connectivity index (χ3n) is 2.87. The average Bonchev–Trinajstić information content (AvgIpc) is 2.05. The number of nitrogens with two attached hydrogens (primary N) is 1. The van der Waals surface area contributed by atoms with Gasteiger partial charge in [0.25, 0.3) is 0 Å². The molecule has 3 heteroatoms. The molecular formula is C9H17NO2. The number of primary amides is 1. The van der Waals surface area contributed by atoms with Crippen molar-refractivity contribution >= 4 is 5.91 Å². The Balaban J connectivity index is 2.77. The highest BCUT2D eigenvalue weighted by Crippen LogP contribution is 2.35. The van der Waals surface area contributed by atoms with Crippen LogP contribution >= 0.6 is 0 Å². The number of carbonyl (C=O) groups is 1. The second kappa shape index (κ2) is 3.44. The largest absolute Gasteiger partial charge is 0.380 e. The van der Waals surface area contributed by atoms with Gasteiger partial charge in [0.15, 0.2) is 0 Å². The van der Waals surface area contributed by atoms with Crippen molar-refractivity contribution in [3.63, 3.8) is 0 Å². The molecule has 1 rings (SSSR count). The van der Waals surface area contributed by atoms with Crippen LogP contribution in [0.25, 0.3) is 0 Å². The van der Waals surface area contributed by atoms with E-state index in [0.29, 0.717) is 6.61 Å². The lowest BCUT2D eigenvalue weighted by atomic mass is 9.73. The number of carbonyl (C=O) groups excluding carboxylic acids is 1. The van der Waals surface area contributed by atoms with E-state index in [2.05, 4.69) is 0 Å². The van der Waals surface area contributed by atoms with Crippen LogP contribution < -0.4 is 5.73 Å². The maximum Gasteiger partial charge on any atom is 0.226 e. The Hall–Kier alpha value is -0.570. The maximum absolute atomic E-state index is 11.3. The standard InChI is InChI=1S/C9H17NO2/c1-7(2)9(8(10)11)4-3-5-12-6-9/h7H,3-6H2,1-2H3,(H2,10,11). The van der Waals surface area contributed by atoms with Crippen molar-refractivity contribution in [2.24, 2.45) is 17.1 Å². The van der Waals surface area contributed by atoms with Crippen LogP contribution in [0, 0.1) is 11.3 Å². The first-order valence-corrected chi connectivity index (χ1v) is 4.47. The molecule has 1 aliphatic heterocycles. The summed E-state index contributed by atoms with van der Waals surface area (Å²) in [5.74, 6) is 0.0625. The second-order valence-electron chi connectivity index (χ2n) is 3.83. The molecule has 3 nitrogen and oxygen atoms in total. The van der Waals surface area contributed by atoms with E-state index in [4.69, 9.17) is 10.5 Å². The quantitative estimate of drug-likeness (QED) is 0.671. The summed E-state index contributed by atoms with van der Waals surface area (Å²) in [5.41, 5.74) is 4.98. The van der Waals surface area contributed by atoms with Crippen LogP contribution in [0.15, 0.2) is 0 Å². The van der Waals surface area contributed by atoms with Gasteiger partial charge in [-0.05, 0) is 18.8 Å². The topological polar surface area (TPSA) is 52.3 Å². The number of hydrogen-bond acceptors (Lipinski definition) is 2. The first-order chi connectivity index (χ1) is 5.59. The first kappa shape index (κ1) is 9.52. The predicted octanol–water partition coefficient (Wildman–Crippen LogP) is 0.925. The fourth-order valence-corrected chi connectivity index (χ4v) is 1.75. The van der Waals surface area contributed by atoms with E-state index in [1.165, 1.54) is 0 Å². The van der Waals surface area contributed by atoms with Crippen molar-refractivity contribution < 1.29 is 9.53 Å². The van der Waals surface area contributed by atoms with Crippen LogP contribution in [0.1, 0.15) is 26.7 Å². The zero-order valence-electron chi connectivity index (χ0n) is 7.80. The SMILES string of the molecule is CC(C)C1(C(N)=O)CCCOC1. The Morgan fingerprint density at radius 2 is 2.25 bits per heavy atom. The molecule has 0 spiro atoms. The summed E-state index contributed by atoms with van der Waals surface area (Å²) in [4.78, 5) is 11.3. The summed E-state index contributed by atoms with van der Waals surface area (Å²) < 4.78 is 5.31. The average molecular weight is 171 g/mol. The van der Waals surface area contributed by atoms with Gasteiger partial charge < -0.3 is 10.5 Å². The van der Waals surface area contributed by atoms with Gasteiger partial charge in [0, 0.05) is 6.61 Å². The summed E-state index contributed by atoms with van der Waals surface area (Å²) >= 11 is 0. The molecule has 0 radical (unpaired) electrons. The summed E-state index contributed by atoms with van der Waals surface area (Å²) in [5, 5.41) is 0. The fraction of sp³-hybridized carbons (Fsp3) is 0.889. The normalized spacial score (nSPS) is 30.6. The molecule has 70 valence electrons. The Morgan fingerprint density at radius 1 is 1.58 bits per heavy atom. The third kappa shape index (κ3) is 1.46. The van der Waals surface area contributed by atoms with E-state index in [1.807, 2.05) is 13.8 Å². The predicted molar refractivity (Wildman–Crippen MR) is 46.5 cm³/mol. The minimum Gasteiger partial charge on any atom is -0.380 e. The minimum atomic E-state index is -0.405. The lowest BCUT2D eigenvalue weighted by Gasteiger charge is -2.37. The molecule has 0 aromatic rings. The van der Waals surface area contributed by atoms with Crippen LogP contribution in [0.5, 0.6) is 0 Å². The van der Waals surface area contributed by atoms with E-state index in [0.717, 1.165) is 19.4 Å². The molecule has 1 heterocycles. The van der Waals surface area contributed by atoms with Crippen LogP contribution in [-0.4, -0.2) is 19.1 Å². The number of hydrogen-bond donors (Lipinski definition) is 1. The molecule has 0 saturated carbocycles. The van der Waals surface area contributed by atoms with E-state index in [-0.39, 0.29) is 11.8 Å². The molecule has 1 unspecified atom stereocenters. The zero-order chi connectivity index (χ0) is 9.19. The van der Waals surface area contributed by atoms with Crippen molar-refractivity contribution in [1.82, 2.24) is 0 Å². The molecule has 0 aliphatic carbocycles. The molecule has 0 aromatic heterocycles. The zero-order valence-corrected chi connectivity index (χ0v) is 7.80. The van der Waals surface area contributed by atoms with Gasteiger partial charge in [-0.15, -0.1) is 0 Å². The van der Waals surface area contributed by atoms with E-state index in [1.54, 1.807) is 0 Å². The monoisotopic (exact) mass is 171 g/mol. The van der Waals surface area contributed by atoms with Gasteiger partial charge in [0.1, 0.15) is 0 Å². The second-order valence-corrected chi connectivity index (χ2v) is 3.83. The van der Waals surface area contributed by atoms with Gasteiger partial charge >= 0.3 is 0 Å². The molecule has 0 bridgehead atoms. The van der Waals surface area contributed by atoms with E-state index < -0.39 is 5.41 Å². The van der Waals surface area contributed by atoms with Crippen LogP contribution in [0.4, 0.5) is 0 Å². The van der Waals surface area contributed by atoms with Gasteiger partial charge in [-0.25, -0.2) is 0 Å². The van der Waals surface area contributed by atoms with E-state index in [9.17, 15) is 4.79 Å².